The number of rotatable bonds is 4. The van der Waals surface area contributed by atoms with Crippen molar-refractivity contribution in [3.63, 3.8) is 0 Å². The van der Waals surface area contributed by atoms with E-state index in [0.717, 1.165) is 5.56 Å². The predicted octanol–water partition coefficient (Wildman–Crippen LogP) is 4.46. The fourth-order valence-electron chi connectivity index (χ4n) is 2.61. The van der Waals surface area contributed by atoms with Crippen molar-refractivity contribution in [2.45, 2.75) is 19.9 Å². The average molecular weight is 358 g/mol. The molecule has 128 valence electrons. The summed E-state index contributed by atoms with van der Waals surface area (Å²) < 4.78 is 15.4. The fourth-order valence-corrected chi connectivity index (χ4v) is 2.73. The Balaban J connectivity index is 1.82. The van der Waals surface area contributed by atoms with Gasteiger partial charge in [-0.25, -0.2) is 9.07 Å². The zero-order chi connectivity index (χ0) is 18.0. The molecule has 1 atom stereocenters. The number of hydrogen-bond donors (Lipinski definition) is 1. The van der Waals surface area contributed by atoms with E-state index in [4.69, 9.17) is 11.6 Å². The summed E-state index contributed by atoms with van der Waals surface area (Å²) in [6, 6.07) is 13.4. The van der Waals surface area contributed by atoms with Crippen molar-refractivity contribution in [1.29, 1.82) is 0 Å². The van der Waals surface area contributed by atoms with E-state index in [2.05, 4.69) is 10.4 Å². The summed E-state index contributed by atoms with van der Waals surface area (Å²) in [7, 11) is 0. The summed E-state index contributed by atoms with van der Waals surface area (Å²) in [6.45, 7) is 3.62. The first kappa shape index (κ1) is 17.2. The SMILES string of the molecule is Cc1c(C(=O)NC(C)c2ccc(Cl)cc2)cnn1-c1ccccc1F. The first-order chi connectivity index (χ1) is 12.0. The molecule has 1 amide bonds. The minimum absolute atomic E-state index is 0.194. The lowest BCUT2D eigenvalue weighted by Crippen LogP contribution is -2.27. The fraction of sp³-hybridized carbons (Fsp3) is 0.158. The first-order valence-corrected chi connectivity index (χ1v) is 8.21. The summed E-state index contributed by atoms with van der Waals surface area (Å²) in [5.74, 6) is -0.655. The topological polar surface area (TPSA) is 46.9 Å². The number of carbonyl (C=O) groups is 1. The van der Waals surface area contributed by atoms with Gasteiger partial charge in [-0.3, -0.25) is 4.79 Å². The lowest BCUT2D eigenvalue weighted by atomic mass is 10.1. The van der Waals surface area contributed by atoms with Crippen molar-refractivity contribution in [2.75, 3.05) is 0 Å². The minimum atomic E-state index is -0.393. The number of halogens is 2. The highest BCUT2D eigenvalue weighted by molar-refractivity contribution is 6.30. The molecule has 0 aliphatic heterocycles. The van der Waals surface area contributed by atoms with E-state index in [-0.39, 0.29) is 11.9 Å². The molecule has 1 aromatic heterocycles. The van der Waals surface area contributed by atoms with Gasteiger partial charge in [0.05, 0.1) is 23.5 Å². The number of aromatic nitrogens is 2. The van der Waals surface area contributed by atoms with Crippen LogP contribution < -0.4 is 5.32 Å². The van der Waals surface area contributed by atoms with E-state index < -0.39 is 5.82 Å². The molecule has 4 nitrogen and oxygen atoms in total. The van der Waals surface area contributed by atoms with E-state index >= 15 is 0 Å². The second-order valence-electron chi connectivity index (χ2n) is 5.75. The number of nitrogens with one attached hydrogen (secondary N) is 1. The second kappa shape index (κ2) is 7.07. The highest BCUT2D eigenvalue weighted by Gasteiger charge is 2.18. The highest BCUT2D eigenvalue weighted by Crippen LogP contribution is 2.19. The summed E-state index contributed by atoms with van der Waals surface area (Å²) in [4.78, 5) is 12.6. The number of para-hydroxylation sites is 1. The van der Waals surface area contributed by atoms with Crippen LogP contribution in [0.4, 0.5) is 4.39 Å². The summed E-state index contributed by atoms with van der Waals surface area (Å²) in [5, 5.41) is 7.72. The van der Waals surface area contributed by atoms with Gasteiger partial charge in [0.1, 0.15) is 11.5 Å². The number of carbonyl (C=O) groups excluding carboxylic acids is 1. The highest BCUT2D eigenvalue weighted by atomic mass is 35.5. The molecule has 0 aliphatic rings. The third-order valence-corrected chi connectivity index (χ3v) is 4.30. The largest absolute Gasteiger partial charge is 0.345 e. The summed E-state index contributed by atoms with van der Waals surface area (Å²) >= 11 is 5.88. The van der Waals surface area contributed by atoms with E-state index in [1.54, 1.807) is 37.3 Å². The van der Waals surface area contributed by atoms with Crippen molar-refractivity contribution >= 4 is 17.5 Å². The number of amides is 1. The quantitative estimate of drug-likeness (QED) is 0.749. The van der Waals surface area contributed by atoms with Crippen molar-refractivity contribution < 1.29 is 9.18 Å². The van der Waals surface area contributed by atoms with Crippen molar-refractivity contribution in [3.05, 3.63) is 82.4 Å². The van der Waals surface area contributed by atoms with Crippen molar-refractivity contribution in [3.8, 4) is 5.69 Å². The maximum Gasteiger partial charge on any atom is 0.255 e. The van der Waals surface area contributed by atoms with Crippen LogP contribution in [0.5, 0.6) is 0 Å². The van der Waals surface area contributed by atoms with Gasteiger partial charge in [0.25, 0.3) is 5.91 Å². The predicted molar refractivity (Wildman–Crippen MR) is 95.6 cm³/mol. The van der Waals surface area contributed by atoms with Crippen LogP contribution in [0.3, 0.4) is 0 Å². The Bertz CT molecular complexity index is 905. The monoisotopic (exact) mass is 357 g/mol. The molecule has 25 heavy (non-hydrogen) atoms. The molecule has 3 rings (SSSR count). The van der Waals surface area contributed by atoms with Gasteiger partial charge in [-0.05, 0) is 43.7 Å². The standard InChI is InChI=1S/C19H17ClFN3O/c1-12(14-7-9-15(20)10-8-14)23-19(25)16-11-22-24(13(16)2)18-6-4-3-5-17(18)21/h3-12H,1-2H3,(H,23,25). The van der Waals surface area contributed by atoms with Gasteiger partial charge in [0, 0.05) is 5.02 Å². The molecule has 0 radical (unpaired) electrons. The Morgan fingerprint density at radius 2 is 1.88 bits per heavy atom. The van der Waals surface area contributed by atoms with Crippen LogP contribution >= 0.6 is 11.6 Å². The molecule has 3 aromatic rings. The Hall–Kier alpha value is -2.66. The smallest absolute Gasteiger partial charge is 0.255 e. The molecule has 0 saturated heterocycles. The molecule has 0 fully saturated rings. The molecule has 6 heteroatoms. The summed E-state index contributed by atoms with van der Waals surface area (Å²) in [5.41, 5.74) is 2.23. The van der Waals surface area contributed by atoms with Gasteiger partial charge in [-0.2, -0.15) is 5.10 Å². The molecular weight excluding hydrogens is 341 g/mol. The van der Waals surface area contributed by atoms with Crippen LogP contribution in [0.25, 0.3) is 5.69 Å². The van der Waals surface area contributed by atoms with Gasteiger partial charge in [0.2, 0.25) is 0 Å². The van der Waals surface area contributed by atoms with Gasteiger partial charge >= 0.3 is 0 Å². The molecule has 0 aliphatic carbocycles. The molecule has 0 saturated carbocycles. The van der Waals surface area contributed by atoms with E-state index in [1.165, 1.54) is 16.9 Å². The van der Waals surface area contributed by atoms with Crippen LogP contribution in [0.2, 0.25) is 5.02 Å². The van der Waals surface area contributed by atoms with Crippen LogP contribution in [0.15, 0.2) is 54.7 Å². The van der Waals surface area contributed by atoms with Gasteiger partial charge in [-0.15, -0.1) is 0 Å². The third kappa shape index (κ3) is 3.56. The Morgan fingerprint density at radius 3 is 2.56 bits per heavy atom. The lowest BCUT2D eigenvalue weighted by Gasteiger charge is -2.14. The summed E-state index contributed by atoms with van der Waals surface area (Å²) in [6.07, 6.45) is 1.45. The molecule has 2 aromatic carbocycles. The Morgan fingerprint density at radius 1 is 1.20 bits per heavy atom. The second-order valence-corrected chi connectivity index (χ2v) is 6.19. The lowest BCUT2D eigenvalue weighted by molar-refractivity contribution is 0.0939. The first-order valence-electron chi connectivity index (χ1n) is 7.83. The molecule has 1 N–H and O–H groups in total. The Kier molecular flexibility index (Phi) is 4.86. The molecule has 1 heterocycles. The van der Waals surface area contributed by atoms with Crippen LogP contribution in [0.1, 0.15) is 34.6 Å². The zero-order valence-corrected chi connectivity index (χ0v) is 14.6. The molecule has 0 spiro atoms. The average Bonchev–Trinajstić information content (AvgIpc) is 2.97. The van der Waals surface area contributed by atoms with Crippen LogP contribution in [0, 0.1) is 12.7 Å². The van der Waals surface area contributed by atoms with E-state index in [1.807, 2.05) is 19.1 Å². The van der Waals surface area contributed by atoms with Crippen molar-refractivity contribution in [2.24, 2.45) is 0 Å². The molecule has 1 unspecified atom stereocenters. The molecular formula is C19H17ClFN3O. The van der Waals surface area contributed by atoms with Gasteiger partial charge in [0.15, 0.2) is 0 Å². The number of benzene rings is 2. The van der Waals surface area contributed by atoms with E-state index in [9.17, 15) is 9.18 Å². The maximum atomic E-state index is 14.0. The number of hydrogen-bond acceptors (Lipinski definition) is 2. The molecule has 0 bridgehead atoms. The normalized spacial score (nSPS) is 12.0. The van der Waals surface area contributed by atoms with Crippen LogP contribution in [-0.2, 0) is 0 Å². The van der Waals surface area contributed by atoms with E-state index in [0.29, 0.717) is 22.0 Å². The number of nitrogens with zero attached hydrogens (tertiary/aromatic N) is 2. The van der Waals surface area contributed by atoms with Crippen molar-refractivity contribution in [1.82, 2.24) is 15.1 Å². The Labute approximate surface area is 150 Å². The minimum Gasteiger partial charge on any atom is -0.345 e. The van der Waals surface area contributed by atoms with Gasteiger partial charge in [-0.1, -0.05) is 35.9 Å². The van der Waals surface area contributed by atoms with Gasteiger partial charge < -0.3 is 5.32 Å². The maximum absolute atomic E-state index is 14.0. The van der Waals surface area contributed by atoms with Crippen LogP contribution in [-0.4, -0.2) is 15.7 Å². The third-order valence-electron chi connectivity index (χ3n) is 4.05. The zero-order valence-electron chi connectivity index (χ0n) is 13.8.